The number of carbonyl (C=O) groups excluding carboxylic acids is 1. The minimum Gasteiger partial charge on any atom is -0.366 e. The molecule has 1 saturated heterocycles. The normalized spacial score (nSPS) is 20.2. The lowest BCUT2D eigenvalue weighted by molar-refractivity contribution is 0.100. The number of halogens is 1. The molecule has 9 heteroatoms. The standard InChI is InChI=1S/C10H15N3O3S2.ClH/c11-4-7-1-2-13(5-7)18(15,16)9-3-8(6-17-9)10(12)14;/h3,6-7H,1-2,4-5,11H2,(H2,12,14);1H. The van der Waals surface area contributed by atoms with Crippen LogP contribution in [0.3, 0.4) is 0 Å². The largest absolute Gasteiger partial charge is 0.366 e. The summed E-state index contributed by atoms with van der Waals surface area (Å²) in [6, 6.07) is 1.33. The molecular formula is C10H16ClN3O3S2. The lowest BCUT2D eigenvalue weighted by Gasteiger charge is -2.14. The number of hydrogen-bond donors (Lipinski definition) is 2. The van der Waals surface area contributed by atoms with E-state index < -0.39 is 15.9 Å². The highest BCUT2D eigenvalue weighted by molar-refractivity contribution is 7.91. The number of primary amides is 1. The lowest BCUT2D eigenvalue weighted by Crippen LogP contribution is -2.29. The van der Waals surface area contributed by atoms with Gasteiger partial charge in [-0.15, -0.1) is 23.7 Å². The van der Waals surface area contributed by atoms with Crippen molar-refractivity contribution in [3.8, 4) is 0 Å². The van der Waals surface area contributed by atoms with E-state index in [1.54, 1.807) is 0 Å². The minimum atomic E-state index is -3.51. The Balaban J connectivity index is 0.00000180. The topological polar surface area (TPSA) is 106 Å². The van der Waals surface area contributed by atoms with Gasteiger partial charge in [0.1, 0.15) is 4.21 Å². The zero-order valence-corrected chi connectivity index (χ0v) is 12.6. The van der Waals surface area contributed by atoms with Crippen LogP contribution in [0.4, 0.5) is 0 Å². The molecule has 0 aromatic carbocycles. The zero-order chi connectivity index (χ0) is 13.3. The highest BCUT2D eigenvalue weighted by Crippen LogP contribution is 2.28. The van der Waals surface area contributed by atoms with Crippen LogP contribution in [0.5, 0.6) is 0 Å². The first kappa shape index (κ1) is 16.4. The summed E-state index contributed by atoms with van der Waals surface area (Å²) in [5.41, 5.74) is 10.9. The maximum absolute atomic E-state index is 12.3. The molecule has 6 nitrogen and oxygen atoms in total. The second-order valence-electron chi connectivity index (χ2n) is 4.27. The molecule has 2 rings (SSSR count). The van der Waals surface area contributed by atoms with Gasteiger partial charge in [0.25, 0.3) is 10.0 Å². The predicted molar refractivity (Wildman–Crippen MR) is 76.0 cm³/mol. The molecule has 1 atom stereocenters. The Morgan fingerprint density at radius 3 is 2.68 bits per heavy atom. The molecule has 0 aliphatic carbocycles. The van der Waals surface area contributed by atoms with Crippen LogP contribution >= 0.6 is 23.7 Å². The minimum absolute atomic E-state index is 0. The third kappa shape index (κ3) is 3.26. The Morgan fingerprint density at radius 1 is 1.53 bits per heavy atom. The Hall–Kier alpha value is -0.670. The number of carbonyl (C=O) groups is 1. The van der Waals surface area contributed by atoms with Crippen molar-refractivity contribution in [2.24, 2.45) is 17.4 Å². The van der Waals surface area contributed by atoms with Crippen LogP contribution in [0.2, 0.25) is 0 Å². The van der Waals surface area contributed by atoms with Crippen molar-refractivity contribution in [3.05, 3.63) is 17.0 Å². The number of nitrogens with zero attached hydrogens (tertiary/aromatic N) is 1. The molecule has 1 fully saturated rings. The maximum atomic E-state index is 12.3. The Morgan fingerprint density at radius 2 is 2.21 bits per heavy atom. The van der Waals surface area contributed by atoms with E-state index >= 15 is 0 Å². The molecule has 0 bridgehead atoms. The van der Waals surface area contributed by atoms with Gasteiger partial charge in [-0.25, -0.2) is 8.42 Å². The van der Waals surface area contributed by atoms with Crippen molar-refractivity contribution in [1.29, 1.82) is 0 Å². The van der Waals surface area contributed by atoms with Crippen molar-refractivity contribution in [2.75, 3.05) is 19.6 Å². The van der Waals surface area contributed by atoms with Gasteiger partial charge in [0.15, 0.2) is 0 Å². The van der Waals surface area contributed by atoms with Crippen LogP contribution in [0.25, 0.3) is 0 Å². The molecule has 1 amide bonds. The molecule has 0 radical (unpaired) electrons. The molecule has 1 aromatic rings. The summed E-state index contributed by atoms with van der Waals surface area (Å²) in [7, 11) is -3.51. The molecule has 1 aromatic heterocycles. The van der Waals surface area contributed by atoms with E-state index in [9.17, 15) is 13.2 Å². The number of sulfonamides is 1. The average molecular weight is 326 g/mol. The number of nitrogens with two attached hydrogens (primary N) is 2. The quantitative estimate of drug-likeness (QED) is 0.826. The molecule has 1 aliphatic rings. The van der Waals surface area contributed by atoms with E-state index in [0.29, 0.717) is 19.6 Å². The molecule has 0 spiro atoms. The first-order valence-electron chi connectivity index (χ1n) is 5.53. The van der Waals surface area contributed by atoms with Gasteiger partial charge >= 0.3 is 0 Å². The van der Waals surface area contributed by atoms with Gasteiger partial charge in [-0.1, -0.05) is 0 Å². The van der Waals surface area contributed by atoms with Crippen molar-refractivity contribution >= 4 is 39.7 Å². The smallest absolute Gasteiger partial charge is 0.252 e. The summed E-state index contributed by atoms with van der Waals surface area (Å²) in [6.45, 7) is 1.42. The number of thiophene rings is 1. The van der Waals surface area contributed by atoms with Crippen LogP contribution in [-0.2, 0) is 10.0 Å². The Bertz CT molecular complexity index is 558. The van der Waals surface area contributed by atoms with Gasteiger partial charge in [-0.3, -0.25) is 4.79 Å². The summed E-state index contributed by atoms with van der Waals surface area (Å²) in [4.78, 5) is 11.0. The molecular weight excluding hydrogens is 310 g/mol. The van der Waals surface area contributed by atoms with E-state index in [1.165, 1.54) is 15.8 Å². The molecule has 4 N–H and O–H groups in total. The van der Waals surface area contributed by atoms with Gasteiger partial charge in [-0.05, 0) is 24.9 Å². The maximum Gasteiger partial charge on any atom is 0.252 e. The SMILES string of the molecule is Cl.NCC1CCN(S(=O)(=O)c2cc(C(N)=O)cs2)C1. The summed E-state index contributed by atoms with van der Waals surface area (Å²) in [5.74, 6) is -0.399. The molecule has 0 saturated carbocycles. The lowest BCUT2D eigenvalue weighted by atomic mass is 10.1. The summed E-state index contributed by atoms with van der Waals surface area (Å²) in [5, 5.41) is 1.46. The second kappa shape index (κ2) is 6.19. The van der Waals surface area contributed by atoms with Crippen LogP contribution in [-0.4, -0.2) is 38.3 Å². The fourth-order valence-electron chi connectivity index (χ4n) is 1.92. The Labute approximate surface area is 122 Å². The van der Waals surface area contributed by atoms with E-state index in [4.69, 9.17) is 11.5 Å². The monoisotopic (exact) mass is 325 g/mol. The van der Waals surface area contributed by atoms with Crippen molar-refractivity contribution in [1.82, 2.24) is 4.31 Å². The van der Waals surface area contributed by atoms with Gasteiger partial charge in [-0.2, -0.15) is 4.31 Å². The van der Waals surface area contributed by atoms with Gasteiger partial charge < -0.3 is 11.5 Å². The van der Waals surface area contributed by atoms with Gasteiger partial charge in [0.05, 0.1) is 5.56 Å². The zero-order valence-electron chi connectivity index (χ0n) is 10.1. The highest BCUT2D eigenvalue weighted by Gasteiger charge is 2.33. The first-order valence-corrected chi connectivity index (χ1v) is 7.85. The third-order valence-corrected chi connectivity index (χ3v) is 6.32. The van der Waals surface area contributed by atoms with Crippen molar-refractivity contribution in [2.45, 2.75) is 10.6 Å². The number of hydrogen-bond acceptors (Lipinski definition) is 5. The number of amides is 1. The van der Waals surface area contributed by atoms with E-state index in [1.807, 2.05) is 0 Å². The summed E-state index contributed by atoms with van der Waals surface area (Å²) >= 11 is 1.02. The highest BCUT2D eigenvalue weighted by atomic mass is 35.5. The summed E-state index contributed by atoms with van der Waals surface area (Å²) in [6.07, 6.45) is 0.782. The fraction of sp³-hybridized carbons (Fsp3) is 0.500. The predicted octanol–water partition coefficient (Wildman–Crippen LogP) is 0.238. The van der Waals surface area contributed by atoms with Crippen LogP contribution < -0.4 is 11.5 Å². The van der Waals surface area contributed by atoms with Gasteiger partial charge in [0, 0.05) is 18.5 Å². The molecule has 1 aliphatic heterocycles. The van der Waals surface area contributed by atoms with Crippen LogP contribution in [0, 0.1) is 5.92 Å². The fourth-order valence-corrected chi connectivity index (χ4v) is 4.77. The molecule has 19 heavy (non-hydrogen) atoms. The summed E-state index contributed by atoms with van der Waals surface area (Å²) < 4.78 is 26.1. The van der Waals surface area contributed by atoms with Crippen LogP contribution in [0.15, 0.2) is 15.7 Å². The molecule has 108 valence electrons. The Kier molecular flexibility index (Phi) is 5.34. The molecule has 1 unspecified atom stereocenters. The van der Waals surface area contributed by atoms with Gasteiger partial charge in [0.2, 0.25) is 5.91 Å². The van der Waals surface area contributed by atoms with Crippen LogP contribution in [0.1, 0.15) is 16.8 Å². The van der Waals surface area contributed by atoms with Crippen molar-refractivity contribution < 1.29 is 13.2 Å². The molecule has 2 heterocycles. The first-order chi connectivity index (χ1) is 8.45. The number of rotatable bonds is 4. The second-order valence-corrected chi connectivity index (χ2v) is 7.35. The van der Waals surface area contributed by atoms with E-state index in [0.717, 1.165) is 17.8 Å². The van der Waals surface area contributed by atoms with Crippen molar-refractivity contribution in [3.63, 3.8) is 0 Å². The third-order valence-electron chi connectivity index (χ3n) is 3.04. The van der Waals surface area contributed by atoms with E-state index in [-0.39, 0.29) is 28.1 Å². The van der Waals surface area contributed by atoms with E-state index in [2.05, 4.69) is 0 Å². The average Bonchev–Trinajstić information content (AvgIpc) is 2.98.